The molecule has 6 nitrogen and oxygen atoms in total. The molecule has 1 aliphatic heterocycles. The van der Waals surface area contributed by atoms with E-state index in [2.05, 4.69) is 0 Å². The number of amides is 1. The van der Waals surface area contributed by atoms with Crippen LogP contribution in [-0.2, 0) is 14.8 Å². The summed E-state index contributed by atoms with van der Waals surface area (Å²) in [6.07, 6.45) is 2.07. The highest BCUT2D eigenvalue weighted by Crippen LogP contribution is 2.25. The predicted molar refractivity (Wildman–Crippen MR) is 114 cm³/mol. The third-order valence-corrected chi connectivity index (χ3v) is 6.98. The number of nitrogens with zero attached hydrogens (tertiary/aromatic N) is 2. The van der Waals surface area contributed by atoms with E-state index in [1.807, 2.05) is 12.1 Å². The fraction of sp³-hybridized carbons (Fsp3) is 0.421. The van der Waals surface area contributed by atoms with E-state index < -0.39 is 10.0 Å². The van der Waals surface area contributed by atoms with Gasteiger partial charge in [0.15, 0.2) is 0 Å². The summed E-state index contributed by atoms with van der Waals surface area (Å²) in [5.74, 6) is 0.0723. The van der Waals surface area contributed by atoms with Crippen LogP contribution in [0.15, 0.2) is 41.3 Å². The molecule has 0 spiro atoms. The first-order valence-corrected chi connectivity index (χ1v) is 10.9. The molecular weight excluding hydrogens is 421 g/mol. The molecule has 154 valence electrons. The first kappa shape index (κ1) is 22.9. The first-order valence-electron chi connectivity index (χ1n) is 9.09. The fourth-order valence-corrected chi connectivity index (χ4v) is 4.90. The van der Waals surface area contributed by atoms with E-state index in [0.717, 1.165) is 23.6 Å². The minimum Gasteiger partial charge on any atom is -0.340 e. The molecule has 0 atom stereocenters. The maximum Gasteiger partial charge on any atom is 0.243 e. The molecule has 0 saturated carbocycles. The maximum atomic E-state index is 13.0. The van der Waals surface area contributed by atoms with Crippen molar-refractivity contribution in [2.45, 2.75) is 24.2 Å². The molecule has 0 radical (unpaired) electrons. The second-order valence-corrected chi connectivity index (χ2v) is 9.06. The average molecular weight is 446 g/mol. The average Bonchev–Trinajstić information content (AvgIpc) is 2.67. The summed E-state index contributed by atoms with van der Waals surface area (Å²) < 4.78 is 27.4. The highest BCUT2D eigenvalue weighted by atomic mass is 35.5. The van der Waals surface area contributed by atoms with Gasteiger partial charge in [-0.3, -0.25) is 4.79 Å². The van der Waals surface area contributed by atoms with Crippen molar-refractivity contribution in [2.75, 3.05) is 32.7 Å². The number of fused-ring (bicyclic) bond motifs is 1. The number of halogens is 2. The van der Waals surface area contributed by atoms with Crippen LogP contribution in [0.5, 0.6) is 0 Å². The lowest BCUT2D eigenvalue weighted by atomic mass is 10.1. The molecule has 1 amide bonds. The number of piperazine rings is 1. The van der Waals surface area contributed by atoms with Gasteiger partial charge < -0.3 is 10.6 Å². The van der Waals surface area contributed by atoms with Crippen molar-refractivity contribution in [1.82, 2.24) is 9.21 Å². The van der Waals surface area contributed by atoms with Crippen LogP contribution >= 0.6 is 24.0 Å². The molecule has 0 unspecified atom stereocenters. The zero-order valence-corrected chi connectivity index (χ0v) is 17.9. The Kier molecular flexibility index (Phi) is 8.09. The number of unbranched alkanes of at least 4 members (excludes halogenated alkanes) is 1. The van der Waals surface area contributed by atoms with E-state index >= 15 is 0 Å². The molecule has 2 aromatic rings. The van der Waals surface area contributed by atoms with E-state index in [0.29, 0.717) is 44.2 Å². The second-order valence-electron chi connectivity index (χ2n) is 6.68. The molecular formula is C19H25Cl2N3O3S. The second kappa shape index (κ2) is 9.89. The Hall–Kier alpha value is -1.38. The van der Waals surface area contributed by atoms with Crippen LogP contribution in [0, 0.1) is 0 Å². The van der Waals surface area contributed by atoms with Gasteiger partial charge >= 0.3 is 0 Å². The first-order chi connectivity index (χ1) is 12.9. The smallest absolute Gasteiger partial charge is 0.243 e. The summed E-state index contributed by atoms with van der Waals surface area (Å²) in [5.41, 5.74) is 5.45. The van der Waals surface area contributed by atoms with Gasteiger partial charge in [0, 0.05) is 37.6 Å². The molecule has 0 bridgehead atoms. The van der Waals surface area contributed by atoms with Gasteiger partial charge in [0.25, 0.3) is 0 Å². The van der Waals surface area contributed by atoms with E-state index in [1.165, 1.54) is 4.31 Å². The van der Waals surface area contributed by atoms with Crippen LogP contribution in [0.2, 0.25) is 5.02 Å². The molecule has 0 aliphatic carbocycles. The molecule has 1 saturated heterocycles. The van der Waals surface area contributed by atoms with Gasteiger partial charge in [-0.1, -0.05) is 23.7 Å². The van der Waals surface area contributed by atoms with Crippen molar-refractivity contribution in [1.29, 1.82) is 0 Å². The van der Waals surface area contributed by atoms with Crippen molar-refractivity contribution < 1.29 is 13.2 Å². The van der Waals surface area contributed by atoms with Gasteiger partial charge in [0.1, 0.15) is 0 Å². The monoisotopic (exact) mass is 445 g/mol. The minimum atomic E-state index is -3.59. The molecule has 1 aliphatic rings. The van der Waals surface area contributed by atoms with Crippen molar-refractivity contribution in [2.24, 2.45) is 5.73 Å². The molecule has 0 aromatic heterocycles. The Balaban J connectivity index is 0.00000280. The van der Waals surface area contributed by atoms with Gasteiger partial charge in [0.05, 0.1) is 4.90 Å². The zero-order chi connectivity index (χ0) is 19.4. The Bertz CT molecular complexity index is 929. The molecule has 9 heteroatoms. The lowest BCUT2D eigenvalue weighted by Crippen LogP contribution is -2.50. The molecule has 1 heterocycles. The van der Waals surface area contributed by atoms with Crippen LogP contribution in [0.25, 0.3) is 10.8 Å². The van der Waals surface area contributed by atoms with E-state index in [1.54, 1.807) is 29.2 Å². The summed E-state index contributed by atoms with van der Waals surface area (Å²) in [6.45, 7) is 2.04. The lowest BCUT2D eigenvalue weighted by Gasteiger charge is -2.34. The van der Waals surface area contributed by atoms with Crippen molar-refractivity contribution in [3.8, 4) is 0 Å². The Morgan fingerprint density at radius 1 is 1.00 bits per heavy atom. The van der Waals surface area contributed by atoms with Crippen LogP contribution in [0.3, 0.4) is 0 Å². The van der Waals surface area contributed by atoms with Gasteiger partial charge in [-0.2, -0.15) is 4.31 Å². The molecule has 2 aromatic carbocycles. The third-order valence-electron chi connectivity index (χ3n) is 4.85. The van der Waals surface area contributed by atoms with Gasteiger partial charge in [-0.05, 0) is 54.4 Å². The summed E-state index contributed by atoms with van der Waals surface area (Å²) >= 11 is 5.98. The van der Waals surface area contributed by atoms with Crippen LogP contribution < -0.4 is 5.73 Å². The predicted octanol–water partition coefficient (Wildman–Crippen LogP) is 2.88. The largest absolute Gasteiger partial charge is 0.340 e. The van der Waals surface area contributed by atoms with Crippen LogP contribution in [0.1, 0.15) is 19.3 Å². The zero-order valence-electron chi connectivity index (χ0n) is 15.5. The number of nitrogens with two attached hydrogens (primary N) is 1. The van der Waals surface area contributed by atoms with Crippen molar-refractivity contribution in [3.05, 3.63) is 41.4 Å². The quantitative estimate of drug-likeness (QED) is 0.692. The molecule has 2 N–H and O–H groups in total. The summed E-state index contributed by atoms with van der Waals surface area (Å²) in [4.78, 5) is 14.2. The maximum absolute atomic E-state index is 13.0. The summed E-state index contributed by atoms with van der Waals surface area (Å²) in [6, 6.07) is 10.4. The van der Waals surface area contributed by atoms with Gasteiger partial charge in [0.2, 0.25) is 15.9 Å². The standard InChI is InChI=1S/C19H24ClN3O3S.ClH/c20-17-6-4-16-14-18(7-5-15(16)13-17)27(25,26)23-11-9-22(10-12-23)19(24)3-1-2-8-21;/h4-7,13-14H,1-3,8-12,21H2;1H. The van der Waals surface area contributed by atoms with Crippen molar-refractivity contribution in [3.63, 3.8) is 0 Å². The number of sulfonamides is 1. The van der Waals surface area contributed by atoms with Crippen LogP contribution in [-0.4, -0.2) is 56.3 Å². The Labute approximate surface area is 177 Å². The summed E-state index contributed by atoms with van der Waals surface area (Å²) in [7, 11) is -3.59. The topological polar surface area (TPSA) is 83.7 Å². The highest BCUT2D eigenvalue weighted by Gasteiger charge is 2.30. The van der Waals surface area contributed by atoms with Gasteiger partial charge in [-0.15, -0.1) is 12.4 Å². The van der Waals surface area contributed by atoms with Crippen molar-refractivity contribution >= 4 is 50.7 Å². The number of hydrogen-bond acceptors (Lipinski definition) is 4. The number of hydrogen-bond donors (Lipinski definition) is 1. The minimum absolute atomic E-state index is 0. The normalized spacial score (nSPS) is 15.4. The van der Waals surface area contributed by atoms with Gasteiger partial charge in [-0.25, -0.2) is 8.42 Å². The number of benzene rings is 2. The summed E-state index contributed by atoms with van der Waals surface area (Å²) in [5, 5.41) is 2.34. The lowest BCUT2D eigenvalue weighted by molar-refractivity contribution is -0.132. The fourth-order valence-electron chi connectivity index (χ4n) is 3.26. The van der Waals surface area contributed by atoms with E-state index in [9.17, 15) is 13.2 Å². The highest BCUT2D eigenvalue weighted by molar-refractivity contribution is 7.89. The molecule has 28 heavy (non-hydrogen) atoms. The number of carbonyl (C=O) groups is 1. The SMILES string of the molecule is Cl.NCCCCC(=O)N1CCN(S(=O)(=O)c2ccc3cc(Cl)ccc3c2)CC1. The number of rotatable bonds is 6. The third kappa shape index (κ3) is 5.15. The Morgan fingerprint density at radius 3 is 2.32 bits per heavy atom. The van der Waals surface area contributed by atoms with E-state index in [4.69, 9.17) is 17.3 Å². The molecule has 3 rings (SSSR count). The van der Waals surface area contributed by atoms with E-state index in [-0.39, 0.29) is 23.2 Å². The van der Waals surface area contributed by atoms with Crippen LogP contribution in [0.4, 0.5) is 0 Å². The number of carbonyl (C=O) groups excluding carboxylic acids is 1. The Morgan fingerprint density at radius 2 is 1.64 bits per heavy atom. The molecule has 1 fully saturated rings.